The van der Waals surface area contributed by atoms with Crippen molar-refractivity contribution >= 4 is 33.4 Å². The zero-order valence-corrected chi connectivity index (χ0v) is 31.2. The van der Waals surface area contributed by atoms with E-state index in [0.29, 0.717) is 0 Å². The van der Waals surface area contributed by atoms with E-state index in [-0.39, 0.29) is 16.2 Å². The molecule has 4 aromatic carbocycles. The predicted molar refractivity (Wildman–Crippen MR) is 213 cm³/mol. The molecule has 50 heavy (non-hydrogen) atoms. The van der Waals surface area contributed by atoms with Crippen LogP contribution in [0.3, 0.4) is 0 Å². The summed E-state index contributed by atoms with van der Waals surface area (Å²) in [5, 5.41) is 1.28. The van der Waals surface area contributed by atoms with E-state index in [1.54, 1.807) is 0 Å². The van der Waals surface area contributed by atoms with E-state index in [1.165, 1.54) is 88.6 Å². The van der Waals surface area contributed by atoms with Gasteiger partial charge in [-0.25, -0.2) is 4.98 Å². The number of thiol groups is 1. The van der Waals surface area contributed by atoms with Crippen LogP contribution in [0.4, 0.5) is 0 Å². The molecule has 4 heterocycles. The summed E-state index contributed by atoms with van der Waals surface area (Å²) < 4.78 is 2.49. The van der Waals surface area contributed by atoms with Gasteiger partial charge in [0.05, 0.1) is 5.52 Å². The van der Waals surface area contributed by atoms with Crippen LogP contribution in [-0.2, 0) is 16.2 Å². The van der Waals surface area contributed by atoms with Crippen LogP contribution in [0.25, 0.3) is 39.5 Å². The Hall–Kier alpha value is -4.60. The van der Waals surface area contributed by atoms with Crippen LogP contribution in [0, 0.1) is 6.92 Å². The smallest absolute Gasteiger partial charge is 0.150 e. The summed E-state index contributed by atoms with van der Waals surface area (Å²) in [6, 6.07) is 34.1. The van der Waals surface area contributed by atoms with Crippen LogP contribution in [0.2, 0.25) is 0 Å². The Morgan fingerprint density at radius 2 is 1.40 bits per heavy atom. The molecule has 0 bridgehead atoms. The van der Waals surface area contributed by atoms with Crippen molar-refractivity contribution < 1.29 is 0 Å². The van der Waals surface area contributed by atoms with Crippen molar-refractivity contribution in [2.75, 3.05) is 0 Å². The summed E-state index contributed by atoms with van der Waals surface area (Å²) in [6.07, 6.45) is 8.82. The average molecular weight is 671 g/mol. The van der Waals surface area contributed by atoms with Crippen molar-refractivity contribution in [3.63, 3.8) is 0 Å². The first-order chi connectivity index (χ1) is 23.9. The molecule has 0 spiro atoms. The van der Waals surface area contributed by atoms with Gasteiger partial charge in [-0.15, -0.1) is 0 Å². The van der Waals surface area contributed by atoms with Gasteiger partial charge in [0.1, 0.15) is 5.82 Å². The highest BCUT2D eigenvalue weighted by atomic mass is 32.2. The standard InChI is InChI=1S/C47H46N2S/c1-9-30(31-16-12-10-13-17-31)24-34-29(2)49-42-35(34)25-33(32-18-14-11-15-19-32)26-41(42)50-40-28-38-37(45(3,4)21-22-46(38,5)6)27-39(40)47(7,8)36-20-23-48-44(49)43(36)50/h9-20,23-28,50H,1,21-22H2,2-8H3/b30-24+. The van der Waals surface area contributed by atoms with E-state index < -0.39 is 10.9 Å². The Morgan fingerprint density at radius 1 is 0.740 bits per heavy atom. The zero-order chi connectivity index (χ0) is 34.7. The zero-order valence-electron chi connectivity index (χ0n) is 30.4. The molecule has 0 saturated carbocycles. The molecule has 0 N–H and O–H groups in total. The van der Waals surface area contributed by atoms with Crippen LogP contribution >= 0.6 is 10.9 Å². The fraction of sp³-hybridized carbons (Fsp3) is 0.255. The van der Waals surface area contributed by atoms with Crippen molar-refractivity contribution in [3.8, 4) is 16.9 Å². The number of fused-ring (bicyclic) bond motifs is 5. The largest absolute Gasteiger partial charge is 0.296 e. The van der Waals surface area contributed by atoms with Gasteiger partial charge in [0, 0.05) is 42.9 Å². The van der Waals surface area contributed by atoms with Gasteiger partial charge in [0.15, 0.2) is 0 Å². The van der Waals surface area contributed by atoms with Gasteiger partial charge in [-0.3, -0.25) is 4.57 Å². The minimum atomic E-state index is -0.884. The summed E-state index contributed by atoms with van der Waals surface area (Å²) >= 11 is 0. The highest BCUT2D eigenvalue weighted by Gasteiger charge is 2.46. The lowest BCUT2D eigenvalue weighted by Gasteiger charge is -2.48. The second-order valence-electron chi connectivity index (χ2n) is 16.4. The monoisotopic (exact) mass is 670 g/mol. The molecule has 6 aromatic rings. The van der Waals surface area contributed by atoms with Crippen molar-refractivity contribution in [3.05, 3.63) is 149 Å². The molecule has 9 rings (SSSR count). The van der Waals surface area contributed by atoms with Crippen molar-refractivity contribution in [1.82, 2.24) is 9.55 Å². The summed E-state index contributed by atoms with van der Waals surface area (Å²) in [5.41, 5.74) is 14.7. The van der Waals surface area contributed by atoms with Gasteiger partial charge in [0.2, 0.25) is 0 Å². The molecule has 0 fully saturated rings. The molecular formula is C47H46N2S. The lowest BCUT2D eigenvalue weighted by Crippen LogP contribution is -2.36. The molecule has 0 radical (unpaired) electrons. The van der Waals surface area contributed by atoms with Crippen LogP contribution in [0.5, 0.6) is 0 Å². The fourth-order valence-corrected chi connectivity index (χ4v) is 12.4. The summed E-state index contributed by atoms with van der Waals surface area (Å²) in [7, 11) is -0.884. The van der Waals surface area contributed by atoms with Gasteiger partial charge in [0.25, 0.3) is 0 Å². The van der Waals surface area contributed by atoms with Crippen LogP contribution in [0.15, 0.2) is 125 Å². The molecule has 250 valence electrons. The fourth-order valence-electron chi connectivity index (χ4n) is 9.14. The Morgan fingerprint density at radius 3 is 2.08 bits per heavy atom. The van der Waals surface area contributed by atoms with E-state index in [1.807, 2.05) is 6.08 Å². The first-order valence-electron chi connectivity index (χ1n) is 18.1. The number of pyridine rings is 1. The van der Waals surface area contributed by atoms with Crippen molar-refractivity contribution in [2.24, 2.45) is 0 Å². The van der Waals surface area contributed by atoms with Gasteiger partial charge < -0.3 is 0 Å². The van der Waals surface area contributed by atoms with Gasteiger partial charge in [-0.05, 0) is 105 Å². The summed E-state index contributed by atoms with van der Waals surface area (Å²) in [4.78, 5) is 9.64. The lowest BCUT2D eigenvalue weighted by atomic mass is 9.62. The molecule has 1 unspecified atom stereocenters. The molecule has 1 atom stereocenters. The Labute approximate surface area is 300 Å². The highest BCUT2D eigenvalue weighted by Crippen LogP contribution is 2.68. The lowest BCUT2D eigenvalue weighted by molar-refractivity contribution is 0.330. The topological polar surface area (TPSA) is 17.8 Å². The molecule has 3 heteroatoms. The number of aromatic nitrogens is 2. The van der Waals surface area contributed by atoms with Crippen molar-refractivity contribution in [2.45, 2.75) is 92.2 Å². The van der Waals surface area contributed by atoms with Gasteiger partial charge in [-0.1, -0.05) is 121 Å². The Balaban J connectivity index is 1.43. The summed E-state index contributed by atoms with van der Waals surface area (Å²) in [6.45, 7) is 21.3. The average Bonchev–Trinajstić information content (AvgIpc) is 3.40. The van der Waals surface area contributed by atoms with E-state index >= 15 is 0 Å². The van der Waals surface area contributed by atoms with Crippen LogP contribution < -0.4 is 0 Å². The normalized spacial score (nSPS) is 19.7. The molecule has 2 nitrogen and oxygen atoms in total. The third kappa shape index (κ3) is 4.32. The Kier molecular flexibility index (Phi) is 6.72. The maximum absolute atomic E-state index is 5.26. The highest BCUT2D eigenvalue weighted by molar-refractivity contribution is 8.17. The third-order valence-corrected chi connectivity index (χ3v) is 14.8. The van der Waals surface area contributed by atoms with Crippen molar-refractivity contribution in [1.29, 1.82) is 0 Å². The maximum atomic E-state index is 5.26. The van der Waals surface area contributed by atoms with E-state index in [4.69, 9.17) is 4.98 Å². The summed E-state index contributed by atoms with van der Waals surface area (Å²) in [5.74, 6) is 1.10. The minimum absolute atomic E-state index is 0.127. The molecule has 2 aliphatic heterocycles. The first-order valence-corrected chi connectivity index (χ1v) is 19.4. The number of hydrogen-bond donors (Lipinski definition) is 1. The van der Waals surface area contributed by atoms with E-state index in [2.05, 4.69) is 163 Å². The molecule has 0 saturated heterocycles. The van der Waals surface area contributed by atoms with Crippen LogP contribution in [0.1, 0.15) is 93.5 Å². The van der Waals surface area contributed by atoms with Gasteiger partial charge >= 0.3 is 0 Å². The number of rotatable bonds is 4. The molecule has 0 amide bonds. The number of hydrogen-bond acceptors (Lipinski definition) is 1. The Bertz CT molecular complexity index is 2420. The first kappa shape index (κ1) is 31.4. The van der Waals surface area contributed by atoms with Crippen LogP contribution in [-0.4, -0.2) is 9.55 Å². The second-order valence-corrected chi connectivity index (χ2v) is 18.5. The molecule has 1 aliphatic carbocycles. The number of nitrogens with zero attached hydrogens (tertiary/aromatic N) is 2. The van der Waals surface area contributed by atoms with E-state index in [0.717, 1.165) is 11.4 Å². The number of benzene rings is 4. The minimum Gasteiger partial charge on any atom is -0.296 e. The van der Waals surface area contributed by atoms with E-state index in [9.17, 15) is 0 Å². The number of allylic oxidation sites excluding steroid dienone is 2. The molecule has 3 aliphatic rings. The second kappa shape index (κ2) is 10.7. The predicted octanol–water partition coefficient (Wildman–Crippen LogP) is 12.5. The quantitative estimate of drug-likeness (QED) is 0.146. The maximum Gasteiger partial charge on any atom is 0.150 e. The molecular weight excluding hydrogens is 625 g/mol. The molecule has 2 aromatic heterocycles. The SMILES string of the molecule is C=C/C(=C\c1c(C)n2c3c(cc(-c4ccccc4)cc13)[SH]1c3cc4c(cc3C(C)(C)c3ccnc-2c31)C(C)(C)CCC4(C)C)c1ccccc1. The van der Waals surface area contributed by atoms with Gasteiger partial charge in [-0.2, -0.15) is 10.9 Å². The third-order valence-electron chi connectivity index (χ3n) is 12.2.